The van der Waals surface area contributed by atoms with E-state index in [4.69, 9.17) is 16.3 Å². The Balaban J connectivity index is 1.41. The number of para-hydroxylation sites is 1. The highest BCUT2D eigenvalue weighted by Crippen LogP contribution is 2.32. The highest BCUT2D eigenvalue weighted by Gasteiger charge is 2.19. The largest absolute Gasteiger partial charge is 0.455 e. The van der Waals surface area contributed by atoms with E-state index in [1.165, 1.54) is 33.3 Å². The fourth-order valence-electron chi connectivity index (χ4n) is 3.26. The molecule has 0 spiro atoms. The van der Waals surface area contributed by atoms with Gasteiger partial charge in [-0.15, -0.1) is 11.3 Å². The lowest BCUT2D eigenvalue weighted by atomic mass is 10.3. The number of rotatable bonds is 5. The average Bonchev–Trinajstić information content (AvgIpc) is 3.47. The molecule has 11 heteroatoms. The molecule has 0 aliphatic rings. The molecule has 8 nitrogen and oxygen atoms in total. The molecule has 0 unspecified atom stereocenters. The molecule has 0 fully saturated rings. The van der Waals surface area contributed by atoms with Crippen molar-refractivity contribution in [3.63, 3.8) is 0 Å². The lowest BCUT2D eigenvalue weighted by Crippen LogP contribution is -2.16. The van der Waals surface area contributed by atoms with E-state index in [2.05, 4.69) is 15.2 Å². The van der Waals surface area contributed by atoms with Crippen molar-refractivity contribution in [2.45, 2.75) is 26.9 Å². The number of ether oxygens (including phenoxy) is 1. The van der Waals surface area contributed by atoms with Crippen molar-refractivity contribution < 1.29 is 9.53 Å². The Morgan fingerprint density at radius 3 is 2.78 bits per heavy atom. The van der Waals surface area contributed by atoms with Crippen molar-refractivity contribution in [2.24, 2.45) is 0 Å². The second-order valence-corrected chi connectivity index (χ2v) is 9.46. The first kappa shape index (κ1) is 20.8. The standard InChI is InChI=1S/C21H16ClN5O3S2/c1-3-17-25-27-18(28)8-12(23-21(27)32-17)10-30-20(29)16-9-13-11(2)24-26(19(13)31-16)15-7-5-4-6-14(15)22/h4-9H,3,10H2,1-2H3. The monoisotopic (exact) mass is 485 g/mol. The lowest BCUT2D eigenvalue weighted by molar-refractivity contribution is 0.0473. The Hall–Kier alpha value is -3.08. The summed E-state index contributed by atoms with van der Waals surface area (Å²) in [6, 6.07) is 10.5. The second kappa shape index (κ2) is 8.12. The van der Waals surface area contributed by atoms with Gasteiger partial charge < -0.3 is 4.74 Å². The number of nitrogens with zero attached hydrogens (tertiary/aromatic N) is 5. The van der Waals surface area contributed by atoms with Crippen LogP contribution in [0.2, 0.25) is 5.02 Å². The van der Waals surface area contributed by atoms with Crippen LogP contribution in [0.3, 0.4) is 0 Å². The molecule has 0 bridgehead atoms. The summed E-state index contributed by atoms with van der Waals surface area (Å²) in [7, 11) is 0. The molecule has 0 atom stereocenters. The maximum atomic E-state index is 12.7. The average molecular weight is 486 g/mol. The van der Waals surface area contributed by atoms with E-state index in [-0.39, 0.29) is 12.2 Å². The number of esters is 1. The number of aryl methyl sites for hydroxylation is 2. The van der Waals surface area contributed by atoms with Crippen LogP contribution in [0, 0.1) is 6.92 Å². The Labute approximate surface area is 194 Å². The lowest BCUT2D eigenvalue weighted by Gasteiger charge is -2.04. The topological polar surface area (TPSA) is 91.4 Å². The summed E-state index contributed by atoms with van der Waals surface area (Å²) in [6.45, 7) is 3.74. The molecule has 5 rings (SSSR count). The first-order valence-electron chi connectivity index (χ1n) is 9.74. The van der Waals surface area contributed by atoms with Gasteiger partial charge in [0.2, 0.25) is 4.96 Å². The van der Waals surface area contributed by atoms with Gasteiger partial charge in [-0.1, -0.05) is 42.0 Å². The molecular formula is C21H16ClN5O3S2. The van der Waals surface area contributed by atoms with Gasteiger partial charge in [0.05, 0.1) is 22.1 Å². The first-order chi connectivity index (χ1) is 15.4. The van der Waals surface area contributed by atoms with E-state index in [0.717, 1.165) is 33.0 Å². The number of aromatic nitrogens is 5. The minimum atomic E-state index is -0.489. The summed E-state index contributed by atoms with van der Waals surface area (Å²) in [6.07, 6.45) is 0.717. The van der Waals surface area contributed by atoms with Gasteiger partial charge >= 0.3 is 5.97 Å². The van der Waals surface area contributed by atoms with Crippen molar-refractivity contribution in [1.82, 2.24) is 24.4 Å². The maximum Gasteiger partial charge on any atom is 0.348 e. The van der Waals surface area contributed by atoms with Crippen LogP contribution >= 0.6 is 34.3 Å². The Bertz CT molecular complexity index is 1550. The Kier molecular flexibility index (Phi) is 5.28. The summed E-state index contributed by atoms with van der Waals surface area (Å²) in [5.41, 5.74) is 1.61. The van der Waals surface area contributed by atoms with Crippen LogP contribution < -0.4 is 5.56 Å². The van der Waals surface area contributed by atoms with Gasteiger partial charge in [-0.05, 0) is 31.5 Å². The summed E-state index contributed by atoms with van der Waals surface area (Å²) in [5, 5.41) is 11.0. The molecule has 32 heavy (non-hydrogen) atoms. The van der Waals surface area contributed by atoms with Crippen LogP contribution in [0.15, 0.2) is 41.2 Å². The van der Waals surface area contributed by atoms with Crippen LogP contribution in [-0.4, -0.2) is 30.3 Å². The number of thiophene rings is 1. The van der Waals surface area contributed by atoms with Crippen molar-refractivity contribution in [1.29, 1.82) is 0 Å². The number of carbonyl (C=O) groups is 1. The first-order valence-corrected chi connectivity index (χ1v) is 11.8. The summed E-state index contributed by atoms with van der Waals surface area (Å²) in [4.78, 5) is 31.1. The van der Waals surface area contributed by atoms with Gasteiger partial charge in [0, 0.05) is 11.5 Å². The molecule has 4 heterocycles. The predicted octanol–water partition coefficient (Wildman–Crippen LogP) is 4.43. The fourth-order valence-corrected chi connectivity index (χ4v) is 5.40. The number of halogens is 1. The van der Waals surface area contributed by atoms with E-state index in [9.17, 15) is 9.59 Å². The molecule has 0 saturated heterocycles. The zero-order valence-electron chi connectivity index (χ0n) is 17.0. The maximum absolute atomic E-state index is 12.7. The smallest absolute Gasteiger partial charge is 0.348 e. The SMILES string of the molecule is CCc1nn2c(=O)cc(COC(=O)c3cc4c(C)nn(-c5ccccc5Cl)c4s3)nc2s1. The van der Waals surface area contributed by atoms with E-state index in [0.29, 0.717) is 20.6 Å². The number of carbonyl (C=O) groups excluding carboxylic acids is 1. The molecule has 4 aromatic heterocycles. The molecule has 0 aliphatic heterocycles. The highest BCUT2D eigenvalue weighted by atomic mass is 35.5. The number of benzene rings is 1. The van der Waals surface area contributed by atoms with Crippen molar-refractivity contribution in [3.8, 4) is 5.69 Å². The predicted molar refractivity (Wildman–Crippen MR) is 124 cm³/mol. The molecule has 1 aromatic carbocycles. The molecule has 0 radical (unpaired) electrons. The molecule has 5 aromatic rings. The molecule has 0 saturated carbocycles. The van der Waals surface area contributed by atoms with E-state index in [1.54, 1.807) is 16.8 Å². The number of hydrogen-bond acceptors (Lipinski definition) is 8. The van der Waals surface area contributed by atoms with Gasteiger partial charge in [-0.2, -0.15) is 14.7 Å². The molecule has 162 valence electrons. The normalized spacial score (nSPS) is 11.5. The van der Waals surface area contributed by atoms with Crippen molar-refractivity contribution >= 4 is 55.4 Å². The number of hydrogen-bond donors (Lipinski definition) is 0. The van der Waals surface area contributed by atoms with E-state index in [1.807, 2.05) is 32.0 Å². The zero-order valence-corrected chi connectivity index (χ0v) is 19.4. The van der Waals surface area contributed by atoms with E-state index < -0.39 is 5.97 Å². The summed E-state index contributed by atoms with van der Waals surface area (Å²) >= 11 is 8.96. The van der Waals surface area contributed by atoms with Gasteiger partial charge in [0.1, 0.15) is 21.3 Å². The highest BCUT2D eigenvalue weighted by molar-refractivity contribution is 7.20. The second-order valence-electron chi connectivity index (χ2n) is 6.98. The molecular weight excluding hydrogens is 470 g/mol. The van der Waals surface area contributed by atoms with Crippen molar-refractivity contribution in [3.05, 3.63) is 73.0 Å². The van der Waals surface area contributed by atoms with Crippen LogP contribution in [0.25, 0.3) is 20.9 Å². The minimum Gasteiger partial charge on any atom is -0.455 e. The van der Waals surface area contributed by atoms with Crippen LogP contribution in [0.1, 0.15) is 33.0 Å². The third-order valence-corrected chi connectivity index (χ3v) is 7.28. The summed E-state index contributed by atoms with van der Waals surface area (Å²) < 4.78 is 8.45. The molecule has 0 N–H and O–H groups in total. The third kappa shape index (κ3) is 3.60. The van der Waals surface area contributed by atoms with Gasteiger partial charge in [0.25, 0.3) is 5.56 Å². The fraction of sp³-hybridized carbons (Fsp3) is 0.190. The van der Waals surface area contributed by atoms with E-state index >= 15 is 0 Å². The Morgan fingerprint density at radius 1 is 1.19 bits per heavy atom. The van der Waals surface area contributed by atoms with Gasteiger partial charge in [-0.25, -0.2) is 14.5 Å². The van der Waals surface area contributed by atoms with Gasteiger partial charge in [-0.3, -0.25) is 4.79 Å². The quantitative estimate of drug-likeness (QED) is 0.342. The van der Waals surface area contributed by atoms with Crippen LogP contribution in [0.4, 0.5) is 0 Å². The molecule has 0 aliphatic carbocycles. The third-order valence-electron chi connectivity index (χ3n) is 4.82. The van der Waals surface area contributed by atoms with Gasteiger partial charge in [0.15, 0.2) is 0 Å². The zero-order chi connectivity index (χ0) is 22.4. The Morgan fingerprint density at radius 2 is 2.00 bits per heavy atom. The molecule has 0 amide bonds. The van der Waals surface area contributed by atoms with Crippen molar-refractivity contribution in [2.75, 3.05) is 0 Å². The van der Waals surface area contributed by atoms with Crippen LogP contribution in [0.5, 0.6) is 0 Å². The van der Waals surface area contributed by atoms with Crippen LogP contribution in [-0.2, 0) is 17.8 Å². The summed E-state index contributed by atoms with van der Waals surface area (Å²) in [5.74, 6) is -0.489. The minimum absolute atomic E-state index is 0.103. The number of fused-ring (bicyclic) bond motifs is 2.